The molecule has 10 heteroatoms. The van der Waals surface area contributed by atoms with Crippen molar-refractivity contribution in [3.63, 3.8) is 0 Å². The summed E-state index contributed by atoms with van der Waals surface area (Å²) in [4.78, 5) is 10.5. The van der Waals surface area contributed by atoms with Crippen molar-refractivity contribution in [3.05, 3.63) is 23.0 Å². The van der Waals surface area contributed by atoms with Crippen LogP contribution in [0.3, 0.4) is 0 Å². The zero-order valence-corrected chi connectivity index (χ0v) is 9.03. The van der Waals surface area contributed by atoms with Crippen molar-refractivity contribution in [1.82, 2.24) is 4.57 Å². The number of hydrogen-bond donors (Lipinski definition) is 0. The Morgan fingerprint density at radius 3 is 1.84 bits per heavy atom. The van der Waals surface area contributed by atoms with E-state index in [0.29, 0.717) is 0 Å². The lowest BCUT2D eigenvalue weighted by Crippen LogP contribution is -2.36. The standard InChI is InChI=1S/C9H5F8NO/c1-18-2-4(8(12,13)14)6(5(18)3-19)7(10,11)9(15,16)17/h2-3H,1H3. The zero-order chi connectivity index (χ0) is 15.2. The highest BCUT2D eigenvalue weighted by Gasteiger charge is 2.63. The van der Waals surface area contributed by atoms with Gasteiger partial charge < -0.3 is 4.57 Å². The summed E-state index contributed by atoms with van der Waals surface area (Å²) in [6.45, 7) is 0. The lowest BCUT2D eigenvalue weighted by Gasteiger charge is -2.21. The Morgan fingerprint density at radius 1 is 1.05 bits per heavy atom. The number of hydrogen-bond acceptors (Lipinski definition) is 1. The Morgan fingerprint density at radius 2 is 1.53 bits per heavy atom. The van der Waals surface area contributed by atoms with E-state index in [9.17, 15) is 39.9 Å². The van der Waals surface area contributed by atoms with Gasteiger partial charge in [0.1, 0.15) is 0 Å². The molecule has 2 nitrogen and oxygen atoms in total. The monoisotopic (exact) mass is 295 g/mol. The first kappa shape index (κ1) is 15.4. The number of nitrogens with zero attached hydrogens (tertiary/aromatic N) is 1. The van der Waals surface area contributed by atoms with E-state index in [1.165, 1.54) is 0 Å². The molecule has 0 atom stereocenters. The van der Waals surface area contributed by atoms with Crippen molar-refractivity contribution in [2.24, 2.45) is 7.05 Å². The molecule has 1 rings (SSSR count). The summed E-state index contributed by atoms with van der Waals surface area (Å²) in [5.74, 6) is -5.78. The third-order valence-corrected chi connectivity index (χ3v) is 2.32. The van der Waals surface area contributed by atoms with Crippen LogP contribution in [-0.4, -0.2) is 17.0 Å². The maximum Gasteiger partial charge on any atom is 0.458 e. The molecule has 108 valence electrons. The summed E-state index contributed by atoms with van der Waals surface area (Å²) in [7, 11) is 0.759. The van der Waals surface area contributed by atoms with Gasteiger partial charge in [-0.3, -0.25) is 4.79 Å². The van der Waals surface area contributed by atoms with Crippen LogP contribution in [0.2, 0.25) is 0 Å². The molecule has 0 fully saturated rings. The summed E-state index contributed by atoms with van der Waals surface area (Å²) >= 11 is 0. The predicted octanol–water partition coefficient (Wildman–Crippen LogP) is 3.51. The molecular weight excluding hydrogens is 290 g/mol. The fraction of sp³-hybridized carbons (Fsp3) is 0.444. The van der Waals surface area contributed by atoms with Crippen LogP contribution < -0.4 is 0 Å². The van der Waals surface area contributed by atoms with Gasteiger partial charge in [0.15, 0.2) is 6.29 Å². The van der Waals surface area contributed by atoms with Crippen LogP contribution in [0.15, 0.2) is 6.20 Å². The van der Waals surface area contributed by atoms with Gasteiger partial charge in [-0.25, -0.2) is 0 Å². The minimum atomic E-state index is -6.24. The van der Waals surface area contributed by atoms with Crippen LogP contribution in [0.25, 0.3) is 0 Å². The molecular formula is C9H5F8NO. The third kappa shape index (κ3) is 2.43. The second kappa shape index (κ2) is 4.20. The second-order valence-electron chi connectivity index (χ2n) is 3.60. The molecule has 19 heavy (non-hydrogen) atoms. The molecule has 0 saturated heterocycles. The lowest BCUT2D eigenvalue weighted by atomic mass is 10.0. The first-order chi connectivity index (χ1) is 8.34. The molecule has 0 unspecified atom stereocenters. The van der Waals surface area contributed by atoms with Gasteiger partial charge >= 0.3 is 18.3 Å². The van der Waals surface area contributed by atoms with Crippen molar-refractivity contribution in [3.8, 4) is 0 Å². The molecule has 0 bridgehead atoms. The van der Waals surface area contributed by atoms with Crippen LogP contribution in [-0.2, 0) is 19.1 Å². The minimum Gasteiger partial charge on any atom is -0.347 e. The van der Waals surface area contributed by atoms with Crippen molar-refractivity contribution >= 4 is 6.29 Å². The van der Waals surface area contributed by atoms with Gasteiger partial charge in [0.2, 0.25) is 0 Å². The number of rotatable bonds is 2. The molecule has 0 aliphatic heterocycles. The van der Waals surface area contributed by atoms with E-state index < -0.39 is 41.4 Å². The van der Waals surface area contributed by atoms with Gasteiger partial charge in [-0.2, -0.15) is 35.1 Å². The van der Waals surface area contributed by atoms with Crippen molar-refractivity contribution in [2.45, 2.75) is 18.3 Å². The van der Waals surface area contributed by atoms with Crippen molar-refractivity contribution < 1.29 is 39.9 Å². The van der Waals surface area contributed by atoms with Gasteiger partial charge in [-0.1, -0.05) is 0 Å². The number of aryl methyl sites for hydroxylation is 1. The van der Waals surface area contributed by atoms with Gasteiger partial charge in [-0.05, 0) is 0 Å². The quantitative estimate of drug-likeness (QED) is 0.604. The molecule has 1 aromatic rings. The minimum absolute atomic E-state index is 0.0126. The Kier molecular flexibility index (Phi) is 3.42. The Labute approximate surface area is 100 Å². The molecule has 0 aliphatic carbocycles. The van der Waals surface area contributed by atoms with Crippen LogP contribution in [0.5, 0.6) is 0 Å². The van der Waals surface area contributed by atoms with E-state index in [1.54, 1.807) is 0 Å². The molecule has 0 aromatic carbocycles. The van der Waals surface area contributed by atoms with Crippen LogP contribution in [0, 0.1) is 0 Å². The molecule has 0 spiro atoms. The number of aldehydes is 1. The Balaban J connectivity index is 3.71. The SMILES string of the molecule is Cn1cc(C(F)(F)F)c(C(F)(F)C(F)(F)F)c1C=O. The summed E-state index contributed by atoms with van der Waals surface area (Å²) in [5.41, 5.74) is -5.96. The Hall–Kier alpha value is -1.61. The fourth-order valence-corrected chi connectivity index (χ4v) is 1.47. The summed E-state index contributed by atoms with van der Waals surface area (Å²) in [5, 5.41) is 0. The second-order valence-corrected chi connectivity index (χ2v) is 3.60. The van der Waals surface area contributed by atoms with Crippen molar-refractivity contribution in [1.29, 1.82) is 0 Å². The highest BCUT2D eigenvalue weighted by Crippen LogP contribution is 2.49. The smallest absolute Gasteiger partial charge is 0.347 e. The van der Waals surface area contributed by atoms with Gasteiger partial charge in [0, 0.05) is 13.2 Å². The number of aromatic nitrogens is 1. The third-order valence-electron chi connectivity index (χ3n) is 2.32. The topological polar surface area (TPSA) is 22.0 Å². The van der Waals surface area contributed by atoms with E-state index >= 15 is 0 Å². The summed E-state index contributed by atoms with van der Waals surface area (Å²) in [6.07, 6.45) is -12.2. The van der Waals surface area contributed by atoms with Crippen LogP contribution >= 0.6 is 0 Å². The highest BCUT2D eigenvalue weighted by atomic mass is 19.4. The zero-order valence-electron chi connectivity index (χ0n) is 9.03. The maximum atomic E-state index is 13.1. The van der Waals surface area contributed by atoms with E-state index in [0.717, 1.165) is 7.05 Å². The first-order valence-electron chi connectivity index (χ1n) is 4.50. The number of halogens is 8. The largest absolute Gasteiger partial charge is 0.458 e. The number of alkyl halides is 8. The predicted molar refractivity (Wildman–Crippen MR) is 45.8 cm³/mol. The molecule has 1 heterocycles. The lowest BCUT2D eigenvalue weighted by molar-refractivity contribution is -0.291. The maximum absolute atomic E-state index is 13.1. The Bertz CT molecular complexity index is 496. The van der Waals surface area contributed by atoms with E-state index in [-0.39, 0.29) is 10.8 Å². The van der Waals surface area contributed by atoms with Gasteiger partial charge in [0.25, 0.3) is 0 Å². The summed E-state index contributed by atoms with van der Waals surface area (Å²) in [6, 6.07) is 0. The molecule has 0 aliphatic rings. The molecule has 0 N–H and O–H groups in total. The number of carbonyl (C=O) groups is 1. The van der Waals surface area contributed by atoms with Gasteiger partial charge in [-0.15, -0.1) is 0 Å². The van der Waals surface area contributed by atoms with Crippen LogP contribution in [0.4, 0.5) is 35.1 Å². The highest BCUT2D eigenvalue weighted by molar-refractivity contribution is 5.77. The van der Waals surface area contributed by atoms with Gasteiger partial charge in [0.05, 0.1) is 16.8 Å². The molecule has 0 radical (unpaired) electrons. The van der Waals surface area contributed by atoms with Crippen LogP contribution in [0.1, 0.15) is 21.6 Å². The molecule has 0 amide bonds. The van der Waals surface area contributed by atoms with E-state index in [4.69, 9.17) is 0 Å². The first-order valence-corrected chi connectivity index (χ1v) is 4.50. The van der Waals surface area contributed by atoms with Crippen molar-refractivity contribution in [2.75, 3.05) is 0 Å². The van der Waals surface area contributed by atoms with E-state index in [2.05, 4.69) is 0 Å². The average Bonchev–Trinajstić information content (AvgIpc) is 2.53. The summed E-state index contributed by atoms with van der Waals surface area (Å²) < 4.78 is 100. The van der Waals surface area contributed by atoms with E-state index in [1.807, 2.05) is 0 Å². The number of carbonyl (C=O) groups excluding carboxylic acids is 1. The fourth-order valence-electron chi connectivity index (χ4n) is 1.47. The molecule has 0 saturated carbocycles. The molecule has 1 aromatic heterocycles. The average molecular weight is 295 g/mol. The normalized spacial score (nSPS) is 13.7.